The van der Waals surface area contributed by atoms with Gasteiger partial charge in [-0.15, -0.1) is 0 Å². The highest BCUT2D eigenvalue weighted by molar-refractivity contribution is 6.35. The van der Waals surface area contributed by atoms with Gasteiger partial charge in [-0.1, -0.05) is 65.7 Å². The highest BCUT2D eigenvalue weighted by atomic mass is 35.5. The number of nitrogens with zero attached hydrogens (tertiary/aromatic N) is 2. The molecule has 30 heavy (non-hydrogen) atoms. The average molecular weight is 435 g/mol. The molecule has 0 amide bonds. The van der Waals surface area contributed by atoms with Crippen LogP contribution < -0.4 is 10.6 Å². The van der Waals surface area contributed by atoms with Gasteiger partial charge in [-0.25, -0.2) is 4.79 Å². The predicted octanol–water partition coefficient (Wildman–Crippen LogP) is 6.46. The van der Waals surface area contributed by atoms with E-state index in [9.17, 15) is 4.79 Å². The number of para-hydroxylation sites is 2. The SMILES string of the molecule is O=c1oc2ccccc2cc1C1=NN(c2ccccc2)[C@@H](c2ccc(Cl)cc2Cl)C1. The Morgan fingerprint density at radius 3 is 2.50 bits per heavy atom. The van der Waals surface area contributed by atoms with E-state index in [-0.39, 0.29) is 6.04 Å². The lowest BCUT2D eigenvalue weighted by Crippen LogP contribution is -2.19. The Labute approximate surface area is 183 Å². The zero-order chi connectivity index (χ0) is 20.7. The standard InChI is InChI=1S/C24H16Cl2N2O2/c25-16-10-11-18(20(26)13-16)22-14-21(27-28(22)17-7-2-1-3-8-17)19-12-15-6-4-5-9-23(15)30-24(19)29/h1-13,22H,14H2/t22-/m1/s1. The third-order valence-corrected chi connectivity index (χ3v) is 5.77. The van der Waals surface area contributed by atoms with Gasteiger partial charge in [0, 0.05) is 21.9 Å². The molecule has 0 spiro atoms. The van der Waals surface area contributed by atoms with Gasteiger partial charge < -0.3 is 4.42 Å². The van der Waals surface area contributed by atoms with E-state index in [1.807, 2.05) is 71.7 Å². The summed E-state index contributed by atoms with van der Waals surface area (Å²) in [5.74, 6) is 0. The third-order valence-electron chi connectivity index (χ3n) is 5.20. The molecule has 0 fully saturated rings. The van der Waals surface area contributed by atoms with Crippen LogP contribution in [0.15, 0.2) is 93.2 Å². The number of hydrogen-bond donors (Lipinski definition) is 0. The van der Waals surface area contributed by atoms with Crippen LogP contribution in [-0.4, -0.2) is 5.71 Å². The summed E-state index contributed by atoms with van der Waals surface area (Å²) in [7, 11) is 0. The zero-order valence-electron chi connectivity index (χ0n) is 15.8. The molecule has 2 heterocycles. The Balaban J connectivity index is 1.63. The van der Waals surface area contributed by atoms with Crippen LogP contribution in [0, 0.1) is 0 Å². The van der Waals surface area contributed by atoms with Gasteiger partial charge in [0.05, 0.1) is 23.0 Å². The lowest BCUT2D eigenvalue weighted by Gasteiger charge is -2.24. The largest absolute Gasteiger partial charge is 0.422 e. The number of benzene rings is 3. The molecule has 0 aliphatic carbocycles. The van der Waals surface area contributed by atoms with Gasteiger partial charge in [0.1, 0.15) is 5.58 Å². The number of rotatable bonds is 3. The van der Waals surface area contributed by atoms with Crippen LogP contribution >= 0.6 is 23.2 Å². The highest BCUT2D eigenvalue weighted by Gasteiger charge is 2.32. The smallest absolute Gasteiger partial charge is 0.345 e. The van der Waals surface area contributed by atoms with Crippen LogP contribution in [-0.2, 0) is 0 Å². The summed E-state index contributed by atoms with van der Waals surface area (Å²) in [5, 5.41) is 8.71. The van der Waals surface area contributed by atoms with Crippen molar-refractivity contribution in [2.45, 2.75) is 12.5 Å². The Morgan fingerprint density at radius 1 is 0.933 bits per heavy atom. The molecule has 1 atom stereocenters. The number of anilines is 1. The molecule has 148 valence electrons. The maximum Gasteiger partial charge on any atom is 0.345 e. The van der Waals surface area contributed by atoms with Crippen molar-refractivity contribution >= 4 is 45.6 Å². The molecule has 1 aliphatic rings. The van der Waals surface area contributed by atoms with E-state index in [1.54, 1.807) is 12.1 Å². The van der Waals surface area contributed by atoms with Crippen molar-refractivity contribution in [1.29, 1.82) is 0 Å². The fraction of sp³-hybridized carbons (Fsp3) is 0.0833. The van der Waals surface area contributed by atoms with Crippen LogP contribution in [0.3, 0.4) is 0 Å². The first-order valence-corrected chi connectivity index (χ1v) is 10.3. The van der Waals surface area contributed by atoms with Crippen molar-refractivity contribution in [3.05, 3.63) is 110 Å². The van der Waals surface area contributed by atoms with Gasteiger partial charge in [-0.2, -0.15) is 5.10 Å². The monoisotopic (exact) mass is 434 g/mol. The Hall–Kier alpha value is -3.08. The number of hydrazone groups is 1. The molecule has 0 saturated heterocycles. The summed E-state index contributed by atoms with van der Waals surface area (Å²) >= 11 is 12.6. The maximum atomic E-state index is 12.7. The van der Waals surface area contributed by atoms with Gasteiger partial charge in [-0.3, -0.25) is 5.01 Å². The number of fused-ring (bicyclic) bond motifs is 1. The lowest BCUT2D eigenvalue weighted by atomic mass is 9.98. The summed E-state index contributed by atoms with van der Waals surface area (Å²) in [6, 6.07) is 24.4. The molecule has 4 aromatic rings. The van der Waals surface area contributed by atoms with Crippen LogP contribution in [0.2, 0.25) is 10.0 Å². The number of halogens is 2. The molecule has 4 nitrogen and oxygen atoms in total. The maximum absolute atomic E-state index is 12.7. The van der Waals surface area contributed by atoms with Gasteiger partial charge in [-0.05, 0) is 42.0 Å². The summed E-state index contributed by atoms with van der Waals surface area (Å²) in [5.41, 5.74) is 3.09. The molecule has 6 heteroatoms. The fourth-order valence-electron chi connectivity index (χ4n) is 3.77. The van der Waals surface area contributed by atoms with E-state index < -0.39 is 5.63 Å². The van der Waals surface area contributed by atoms with Crippen molar-refractivity contribution in [3.63, 3.8) is 0 Å². The first-order valence-electron chi connectivity index (χ1n) is 9.50. The van der Waals surface area contributed by atoms with Crippen molar-refractivity contribution in [2.75, 3.05) is 5.01 Å². The summed E-state index contributed by atoms with van der Waals surface area (Å²) in [6.07, 6.45) is 0.513. The molecule has 0 bridgehead atoms. The summed E-state index contributed by atoms with van der Waals surface area (Å²) in [4.78, 5) is 12.7. The Morgan fingerprint density at radius 2 is 1.70 bits per heavy atom. The minimum absolute atomic E-state index is 0.168. The van der Waals surface area contributed by atoms with Gasteiger partial charge >= 0.3 is 5.63 Å². The molecule has 1 aliphatic heterocycles. The van der Waals surface area contributed by atoms with Crippen molar-refractivity contribution in [1.82, 2.24) is 0 Å². The second-order valence-electron chi connectivity index (χ2n) is 7.10. The Bertz CT molecular complexity index is 1330. The van der Waals surface area contributed by atoms with E-state index in [0.717, 1.165) is 16.6 Å². The van der Waals surface area contributed by atoms with Crippen molar-refractivity contribution in [3.8, 4) is 0 Å². The van der Waals surface area contributed by atoms with E-state index in [1.165, 1.54) is 0 Å². The first kappa shape index (κ1) is 18.9. The second-order valence-corrected chi connectivity index (χ2v) is 7.94. The normalized spacial score (nSPS) is 16.1. The minimum Gasteiger partial charge on any atom is -0.422 e. The number of hydrogen-bond acceptors (Lipinski definition) is 4. The molecule has 5 rings (SSSR count). The van der Waals surface area contributed by atoms with Crippen molar-refractivity contribution < 1.29 is 4.42 Å². The topological polar surface area (TPSA) is 45.8 Å². The van der Waals surface area contributed by atoms with E-state index in [0.29, 0.717) is 33.3 Å². The fourth-order valence-corrected chi connectivity index (χ4v) is 4.30. The second kappa shape index (κ2) is 7.63. The van der Waals surface area contributed by atoms with E-state index in [4.69, 9.17) is 32.7 Å². The first-order chi connectivity index (χ1) is 14.6. The lowest BCUT2D eigenvalue weighted by molar-refractivity contribution is 0.559. The molecule has 0 saturated carbocycles. The molecule has 0 radical (unpaired) electrons. The zero-order valence-corrected chi connectivity index (χ0v) is 17.3. The summed E-state index contributed by atoms with van der Waals surface area (Å²) in [6.45, 7) is 0. The highest BCUT2D eigenvalue weighted by Crippen LogP contribution is 2.39. The van der Waals surface area contributed by atoms with Gasteiger partial charge in [0.2, 0.25) is 0 Å². The van der Waals surface area contributed by atoms with Crippen molar-refractivity contribution in [2.24, 2.45) is 5.10 Å². The van der Waals surface area contributed by atoms with E-state index >= 15 is 0 Å². The van der Waals surface area contributed by atoms with Gasteiger partial charge in [0.25, 0.3) is 0 Å². The van der Waals surface area contributed by atoms with Crippen LogP contribution in [0.1, 0.15) is 23.6 Å². The molecular weight excluding hydrogens is 419 g/mol. The summed E-state index contributed by atoms with van der Waals surface area (Å²) < 4.78 is 5.53. The molecule has 1 aromatic heterocycles. The third kappa shape index (κ3) is 3.38. The quantitative estimate of drug-likeness (QED) is 0.347. The molecule has 3 aromatic carbocycles. The molecule has 0 N–H and O–H groups in total. The Kier molecular flexibility index (Phi) is 4.81. The molecular formula is C24H16Cl2N2O2. The van der Waals surface area contributed by atoms with Crippen LogP contribution in [0.25, 0.3) is 11.0 Å². The van der Waals surface area contributed by atoms with Crippen LogP contribution in [0.4, 0.5) is 5.69 Å². The minimum atomic E-state index is -0.400. The van der Waals surface area contributed by atoms with E-state index in [2.05, 4.69) is 0 Å². The molecule has 0 unspecified atom stereocenters. The predicted molar refractivity (Wildman–Crippen MR) is 122 cm³/mol. The van der Waals surface area contributed by atoms with Gasteiger partial charge in [0.15, 0.2) is 0 Å². The van der Waals surface area contributed by atoms with Crippen LogP contribution in [0.5, 0.6) is 0 Å². The average Bonchev–Trinajstić information content (AvgIpc) is 3.18.